The minimum atomic E-state index is -0.431. The van der Waals surface area contributed by atoms with E-state index in [1.165, 1.54) is 6.21 Å². The third kappa shape index (κ3) is 6.18. The Bertz CT molecular complexity index is 809. The van der Waals surface area contributed by atoms with E-state index in [1.54, 1.807) is 12.1 Å². The Labute approximate surface area is 164 Å². The third-order valence-corrected chi connectivity index (χ3v) is 3.84. The summed E-state index contributed by atoms with van der Waals surface area (Å²) in [5.74, 6) is 1.06. The minimum absolute atomic E-state index is 0.431. The molecule has 144 valence electrons. The van der Waals surface area contributed by atoms with E-state index in [9.17, 15) is 4.79 Å². The molecule has 2 aromatic carbocycles. The molecule has 0 radical (unpaired) electrons. The highest BCUT2D eigenvalue weighted by atomic mass is 35.5. The van der Waals surface area contributed by atoms with Gasteiger partial charge in [0.15, 0.2) is 11.5 Å². The Balaban J connectivity index is 2.05. The lowest BCUT2D eigenvalue weighted by molar-refractivity contribution is 0.252. The maximum atomic E-state index is 12.0. The first-order valence-electron chi connectivity index (χ1n) is 8.80. The van der Waals surface area contributed by atoms with Gasteiger partial charge in [-0.25, -0.2) is 10.2 Å². The Kier molecular flexibility index (Phi) is 7.95. The number of aryl methyl sites for hydroxylation is 1. The summed E-state index contributed by atoms with van der Waals surface area (Å²) in [6.45, 7) is 6.85. The number of carbonyl (C=O) groups excluding carboxylic acids is 1. The van der Waals surface area contributed by atoms with Crippen LogP contribution in [0.5, 0.6) is 11.5 Å². The average Bonchev–Trinajstić information content (AvgIpc) is 2.63. The Morgan fingerprint density at radius 1 is 1.22 bits per heavy atom. The zero-order valence-electron chi connectivity index (χ0n) is 15.7. The van der Waals surface area contributed by atoms with Gasteiger partial charge < -0.3 is 14.8 Å². The van der Waals surface area contributed by atoms with Gasteiger partial charge in [-0.05, 0) is 49.6 Å². The number of anilines is 1. The number of halogens is 1. The van der Waals surface area contributed by atoms with Gasteiger partial charge in [-0.2, -0.15) is 5.10 Å². The van der Waals surface area contributed by atoms with E-state index in [2.05, 4.69) is 15.8 Å². The van der Waals surface area contributed by atoms with E-state index in [-0.39, 0.29) is 0 Å². The van der Waals surface area contributed by atoms with Crippen molar-refractivity contribution in [3.05, 3.63) is 52.5 Å². The molecular formula is C20H24ClN3O3. The summed E-state index contributed by atoms with van der Waals surface area (Å²) in [6.07, 6.45) is 2.36. The molecule has 0 fully saturated rings. The predicted octanol–water partition coefficient (Wildman–Crippen LogP) is 4.99. The van der Waals surface area contributed by atoms with Gasteiger partial charge in [-0.3, -0.25) is 0 Å². The van der Waals surface area contributed by atoms with Crippen molar-refractivity contribution in [1.29, 1.82) is 0 Å². The van der Waals surface area contributed by atoms with Crippen molar-refractivity contribution < 1.29 is 14.3 Å². The first kappa shape index (κ1) is 20.6. The second-order valence-corrected chi connectivity index (χ2v) is 6.16. The van der Waals surface area contributed by atoms with Crippen LogP contribution in [0.15, 0.2) is 41.5 Å². The second kappa shape index (κ2) is 10.4. The number of hydrogen-bond donors (Lipinski definition) is 2. The molecule has 0 saturated heterocycles. The van der Waals surface area contributed by atoms with E-state index in [0.717, 1.165) is 17.7 Å². The van der Waals surface area contributed by atoms with Crippen LogP contribution in [0.3, 0.4) is 0 Å². The largest absolute Gasteiger partial charge is 0.490 e. The molecule has 0 aromatic heterocycles. The number of hydrazone groups is 1. The zero-order chi connectivity index (χ0) is 19.6. The summed E-state index contributed by atoms with van der Waals surface area (Å²) < 4.78 is 11.3. The number of para-hydroxylation sites is 1. The van der Waals surface area contributed by atoms with Gasteiger partial charge in [0.25, 0.3) is 0 Å². The highest BCUT2D eigenvalue weighted by molar-refractivity contribution is 6.32. The summed E-state index contributed by atoms with van der Waals surface area (Å²) in [7, 11) is 0. The first-order chi connectivity index (χ1) is 13.0. The smallest absolute Gasteiger partial charge is 0.339 e. The number of hydrogen-bond acceptors (Lipinski definition) is 4. The number of nitrogens with zero attached hydrogens (tertiary/aromatic N) is 1. The summed E-state index contributed by atoms with van der Waals surface area (Å²) in [5.41, 5.74) is 4.81. The summed E-state index contributed by atoms with van der Waals surface area (Å²) in [5, 5.41) is 7.13. The topological polar surface area (TPSA) is 72.0 Å². The van der Waals surface area contributed by atoms with Crippen LogP contribution in [0.4, 0.5) is 10.5 Å². The lowest BCUT2D eigenvalue weighted by Gasteiger charge is -2.13. The van der Waals surface area contributed by atoms with Crippen molar-refractivity contribution in [2.75, 3.05) is 18.5 Å². The van der Waals surface area contributed by atoms with Crippen molar-refractivity contribution >= 4 is 29.5 Å². The highest BCUT2D eigenvalue weighted by Gasteiger charge is 2.12. The van der Waals surface area contributed by atoms with Crippen molar-refractivity contribution in [3.63, 3.8) is 0 Å². The van der Waals surface area contributed by atoms with E-state index in [1.807, 2.05) is 45.0 Å². The first-order valence-corrected chi connectivity index (χ1v) is 9.17. The van der Waals surface area contributed by atoms with Crippen LogP contribution in [0.25, 0.3) is 0 Å². The molecular weight excluding hydrogens is 366 g/mol. The van der Waals surface area contributed by atoms with Crippen molar-refractivity contribution in [3.8, 4) is 11.5 Å². The van der Waals surface area contributed by atoms with Gasteiger partial charge >= 0.3 is 6.03 Å². The van der Waals surface area contributed by atoms with Crippen LogP contribution >= 0.6 is 11.6 Å². The number of ether oxygens (including phenoxy) is 2. The van der Waals surface area contributed by atoms with Gasteiger partial charge in [-0.15, -0.1) is 0 Å². The fraction of sp³-hybridized carbons (Fsp3) is 0.300. The molecule has 0 heterocycles. The summed E-state index contributed by atoms with van der Waals surface area (Å²) in [4.78, 5) is 12.0. The normalized spacial score (nSPS) is 10.7. The predicted molar refractivity (Wildman–Crippen MR) is 109 cm³/mol. The SMILES string of the molecule is CCCOc1c(Cl)cc(/C=N\NC(=O)Nc2ccccc2C)cc1OCC. The quantitative estimate of drug-likeness (QED) is 0.493. The molecule has 2 N–H and O–H groups in total. The summed E-state index contributed by atoms with van der Waals surface area (Å²) in [6, 6.07) is 10.5. The van der Waals surface area contributed by atoms with E-state index < -0.39 is 6.03 Å². The molecule has 6 nitrogen and oxygen atoms in total. The Morgan fingerprint density at radius 2 is 2.00 bits per heavy atom. The Hall–Kier alpha value is -2.73. The number of amides is 2. The van der Waals surface area contributed by atoms with Gasteiger partial charge in [0, 0.05) is 5.69 Å². The molecule has 7 heteroatoms. The molecule has 27 heavy (non-hydrogen) atoms. The van der Waals surface area contributed by atoms with Gasteiger partial charge in [0.05, 0.1) is 24.5 Å². The molecule has 0 atom stereocenters. The summed E-state index contributed by atoms with van der Waals surface area (Å²) >= 11 is 6.31. The van der Waals surface area contributed by atoms with Crippen molar-refractivity contribution in [2.24, 2.45) is 5.10 Å². The van der Waals surface area contributed by atoms with Gasteiger partial charge in [-0.1, -0.05) is 36.7 Å². The maximum absolute atomic E-state index is 12.0. The van der Waals surface area contributed by atoms with Gasteiger partial charge in [0.1, 0.15) is 0 Å². The number of rotatable bonds is 8. The second-order valence-electron chi connectivity index (χ2n) is 5.75. The maximum Gasteiger partial charge on any atom is 0.339 e. The third-order valence-electron chi connectivity index (χ3n) is 3.56. The van der Waals surface area contributed by atoms with E-state index in [4.69, 9.17) is 21.1 Å². The van der Waals surface area contributed by atoms with Crippen LogP contribution in [0.1, 0.15) is 31.4 Å². The van der Waals surface area contributed by atoms with Crippen LogP contribution in [0.2, 0.25) is 5.02 Å². The molecule has 0 spiro atoms. The molecule has 0 saturated carbocycles. The van der Waals surface area contributed by atoms with Crippen LogP contribution in [-0.4, -0.2) is 25.5 Å². The molecule has 0 bridgehead atoms. The fourth-order valence-electron chi connectivity index (χ4n) is 2.30. The Morgan fingerprint density at radius 3 is 2.70 bits per heavy atom. The molecule has 2 amide bonds. The molecule has 2 aromatic rings. The molecule has 0 aliphatic heterocycles. The number of benzene rings is 2. The number of nitrogens with one attached hydrogen (secondary N) is 2. The standard InChI is InChI=1S/C20H24ClN3O3/c1-4-10-27-19-16(21)11-15(12-18(19)26-5-2)13-22-24-20(25)23-17-9-7-6-8-14(17)3/h6-9,11-13H,4-5,10H2,1-3H3,(H2,23,24,25)/b22-13-. The van der Waals surface area contributed by atoms with Crippen LogP contribution < -0.4 is 20.2 Å². The molecule has 0 unspecified atom stereocenters. The molecule has 2 rings (SSSR count). The van der Waals surface area contributed by atoms with E-state index >= 15 is 0 Å². The average molecular weight is 390 g/mol. The fourth-order valence-corrected chi connectivity index (χ4v) is 2.57. The van der Waals surface area contributed by atoms with Crippen LogP contribution in [0, 0.1) is 6.92 Å². The molecule has 0 aliphatic rings. The number of urea groups is 1. The molecule has 0 aliphatic carbocycles. The monoisotopic (exact) mass is 389 g/mol. The lowest BCUT2D eigenvalue weighted by atomic mass is 10.2. The lowest BCUT2D eigenvalue weighted by Crippen LogP contribution is -2.24. The van der Waals surface area contributed by atoms with Crippen molar-refractivity contribution in [2.45, 2.75) is 27.2 Å². The number of carbonyl (C=O) groups is 1. The highest BCUT2D eigenvalue weighted by Crippen LogP contribution is 2.36. The van der Waals surface area contributed by atoms with E-state index in [0.29, 0.717) is 35.3 Å². The van der Waals surface area contributed by atoms with Gasteiger partial charge in [0.2, 0.25) is 0 Å². The zero-order valence-corrected chi connectivity index (χ0v) is 16.5. The van der Waals surface area contributed by atoms with Crippen LogP contribution in [-0.2, 0) is 0 Å². The minimum Gasteiger partial charge on any atom is -0.490 e. The van der Waals surface area contributed by atoms with Crippen molar-refractivity contribution in [1.82, 2.24) is 5.43 Å².